The minimum atomic E-state index is 0.204. The van der Waals surface area contributed by atoms with Crippen LogP contribution in [0.15, 0.2) is 42.5 Å². The van der Waals surface area contributed by atoms with Crippen molar-refractivity contribution >= 4 is 16.7 Å². The van der Waals surface area contributed by atoms with Gasteiger partial charge in [0.25, 0.3) is 0 Å². The lowest BCUT2D eigenvalue weighted by Gasteiger charge is -2.37. The lowest BCUT2D eigenvalue weighted by atomic mass is 9.99. The summed E-state index contributed by atoms with van der Waals surface area (Å²) in [5.41, 5.74) is 2.74. The second-order valence-corrected chi connectivity index (χ2v) is 7.53. The first-order valence-electron chi connectivity index (χ1n) is 9.99. The van der Waals surface area contributed by atoms with Crippen LogP contribution in [0, 0.1) is 6.92 Å². The van der Waals surface area contributed by atoms with E-state index in [0.717, 1.165) is 54.7 Å². The van der Waals surface area contributed by atoms with Crippen LogP contribution in [0.2, 0.25) is 0 Å². The second kappa shape index (κ2) is 8.15. The quantitative estimate of drug-likeness (QED) is 0.698. The number of aromatic hydroxyl groups is 1. The highest BCUT2D eigenvalue weighted by atomic mass is 16.5. The average molecular weight is 377 g/mol. The van der Waals surface area contributed by atoms with Crippen molar-refractivity contribution in [3.05, 3.63) is 48.0 Å². The third-order valence-electron chi connectivity index (χ3n) is 5.53. The molecule has 0 radical (unpaired) electrons. The molecular formula is C23H27N3O2. The van der Waals surface area contributed by atoms with Gasteiger partial charge in [-0.1, -0.05) is 18.2 Å². The number of rotatable bonds is 5. The number of phenols is 1. The fraction of sp³-hybridized carbons (Fsp3) is 0.391. The Kier molecular flexibility index (Phi) is 5.44. The Labute approximate surface area is 166 Å². The predicted octanol–water partition coefficient (Wildman–Crippen LogP) is 4.71. The zero-order valence-electron chi connectivity index (χ0n) is 16.6. The zero-order valence-corrected chi connectivity index (χ0v) is 16.6. The first-order valence-corrected chi connectivity index (χ1v) is 9.99. The summed E-state index contributed by atoms with van der Waals surface area (Å²) in [5.74, 6) is 1.74. The van der Waals surface area contributed by atoms with Gasteiger partial charge in [0.15, 0.2) is 5.82 Å². The summed E-state index contributed by atoms with van der Waals surface area (Å²) in [5, 5.41) is 11.4. The maximum absolute atomic E-state index is 10.3. The molecule has 0 amide bonds. The third kappa shape index (κ3) is 3.67. The van der Waals surface area contributed by atoms with Crippen molar-refractivity contribution < 1.29 is 9.84 Å². The first kappa shape index (κ1) is 18.7. The van der Waals surface area contributed by atoms with Gasteiger partial charge in [-0.25, -0.2) is 9.97 Å². The van der Waals surface area contributed by atoms with E-state index in [9.17, 15) is 5.11 Å². The molecule has 1 unspecified atom stereocenters. The van der Waals surface area contributed by atoms with Crippen LogP contribution in [-0.2, 0) is 4.74 Å². The number of piperidine rings is 1. The van der Waals surface area contributed by atoms with Crippen molar-refractivity contribution in [2.24, 2.45) is 0 Å². The second-order valence-electron chi connectivity index (χ2n) is 7.53. The van der Waals surface area contributed by atoms with Crippen molar-refractivity contribution in [2.45, 2.75) is 38.6 Å². The smallest absolute Gasteiger partial charge is 0.165 e. The number of hydrogen-bond acceptors (Lipinski definition) is 5. The van der Waals surface area contributed by atoms with Gasteiger partial charge in [-0.05, 0) is 62.4 Å². The number of aryl methyl sites for hydroxylation is 1. The molecule has 1 fully saturated rings. The van der Waals surface area contributed by atoms with Crippen molar-refractivity contribution in [2.75, 3.05) is 25.2 Å². The van der Waals surface area contributed by atoms with Crippen LogP contribution >= 0.6 is 0 Å². The number of benzene rings is 2. The summed E-state index contributed by atoms with van der Waals surface area (Å²) < 4.78 is 5.35. The number of methoxy groups -OCH3 is 1. The van der Waals surface area contributed by atoms with Crippen LogP contribution in [0.4, 0.5) is 5.82 Å². The minimum absolute atomic E-state index is 0.204. The summed E-state index contributed by atoms with van der Waals surface area (Å²) in [4.78, 5) is 12.2. The molecule has 1 saturated heterocycles. The Morgan fingerprint density at radius 3 is 2.82 bits per heavy atom. The molecule has 4 rings (SSSR count). The molecule has 28 heavy (non-hydrogen) atoms. The Morgan fingerprint density at radius 1 is 1.14 bits per heavy atom. The molecule has 0 bridgehead atoms. The molecule has 3 aromatic rings. The first-order chi connectivity index (χ1) is 13.7. The fourth-order valence-electron chi connectivity index (χ4n) is 4.06. The average Bonchev–Trinajstić information content (AvgIpc) is 2.72. The van der Waals surface area contributed by atoms with Gasteiger partial charge in [0.1, 0.15) is 11.6 Å². The van der Waals surface area contributed by atoms with Crippen molar-refractivity contribution in [1.82, 2.24) is 9.97 Å². The topological polar surface area (TPSA) is 58.5 Å². The molecule has 2 aromatic carbocycles. The monoisotopic (exact) mass is 377 g/mol. The fourth-order valence-corrected chi connectivity index (χ4v) is 4.06. The van der Waals surface area contributed by atoms with E-state index in [1.807, 2.05) is 18.2 Å². The SMILES string of the molecule is COCCC1CCCCN1c1nc(-c2ccccc2O)nc2cc(C)ccc12. The summed E-state index contributed by atoms with van der Waals surface area (Å²) in [7, 11) is 1.76. The molecule has 1 atom stereocenters. The molecule has 2 heterocycles. The lowest BCUT2D eigenvalue weighted by molar-refractivity contribution is 0.182. The van der Waals surface area contributed by atoms with Crippen LogP contribution < -0.4 is 4.90 Å². The van der Waals surface area contributed by atoms with E-state index < -0.39 is 0 Å². The number of fused-ring (bicyclic) bond motifs is 1. The van der Waals surface area contributed by atoms with E-state index in [1.165, 1.54) is 6.42 Å². The largest absolute Gasteiger partial charge is 0.507 e. The van der Waals surface area contributed by atoms with Gasteiger partial charge >= 0.3 is 0 Å². The Hall–Kier alpha value is -2.66. The maximum Gasteiger partial charge on any atom is 0.165 e. The van der Waals surface area contributed by atoms with Gasteiger partial charge < -0.3 is 14.7 Å². The number of aromatic nitrogens is 2. The number of para-hydroxylation sites is 1. The van der Waals surface area contributed by atoms with Gasteiger partial charge in [-0.2, -0.15) is 0 Å². The third-order valence-corrected chi connectivity index (χ3v) is 5.53. The maximum atomic E-state index is 10.3. The normalized spacial score (nSPS) is 17.2. The molecule has 1 aliphatic rings. The summed E-state index contributed by atoms with van der Waals surface area (Å²) in [6.45, 7) is 3.80. The van der Waals surface area contributed by atoms with Gasteiger partial charge in [-0.3, -0.25) is 0 Å². The summed E-state index contributed by atoms with van der Waals surface area (Å²) in [6, 6.07) is 14.0. The molecular weight excluding hydrogens is 350 g/mol. The summed E-state index contributed by atoms with van der Waals surface area (Å²) >= 11 is 0. The van der Waals surface area contributed by atoms with E-state index in [-0.39, 0.29) is 5.75 Å². The van der Waals surface area contributed by atoms with Gasteiger partial charge in [-0.15, -0.1) is 0 Å². The van der Waals surface area contributed by atoms with E-state index in [0.29, 0.717) is 17.4 Å². The predicted molar refractivity (Wildman–Crippen MR) is 113 cm³/mol. The lowest BCUT2D eigenvalue weighted by Crippen LogP contribution is -2.41. The molecule has 1 N–H and O–H groups in total. The number of anilines is 1. The molecule has 5 heteroatoms. The Morgan fingerprint density at radius 2 is 2.00 bits per heavy atom. The molecule has 0 saturated carbocycles. The molecule has 0 spiro atoms. The Balaban J connectivity index is 1.87. The van der Waals surface area contributed by atoms with Crippen LogP contribution in [0.3, 0.4) is 0 Å². The number of hydrogen-bond donors (Lipinski definition) is 1. The van der Waals surface area contributed by atoms with Crippen LogP contribution in [0.25, 0.3) is 22.3 Å². The van der Waals surface area contributed by atoms with E-state index in [2.05, 4.69) is 30.0 Å². The highest BCUT2D eigenvalue weighted by Crippen LogP contribution is 2.34. The van der Waals surface area contributed by atoms with Gasteiger partial charge in [0, 0.05) is 31.7 Å². The molecule has 5 nitrogen and oxygen atoms in total. The standard InChI is InChI=1S/C23H27N3O2/c1-16-10-11-18-20(15-16)24-22(19-8-3-4-9-21(19)27)25-23(18)26-13-6-5-7-17(26)12-14-28-2/h3-4,8-11,15,17,27H,5-7,12-14H2,1-2H3. The minimum Gasteiger partial charge on any atom is -0.507 e. The van der Waals surface area contributed by atoms with E-state index in [4.69, 9.17) is 14.7 Å². The highest BCUT2D eigenvalue weighted by Gasteiger charge is 2.26. The number of phenolic OH excluding ortho intramolecular Hbond substituents is 1. The highest BCUT2D eigenvalue weighted by molar-refractivity contribution is 5.92. The molecule has 0 aliphatic carbocycles. The van der Waals surface area contributed by atoms with Gasteiger partial charge in [0.05, 0.1) is 11.1 Å². The van der Waals surface area contributed by atoms with E-state index >= 15 is 0 Å². The van der Waals surface area contributed by atoms with E-state index in [1.54, 1.807) is 13.2 Å². The number of nitrogens with zero attached hydrogens (tertiary/aromatic N) is 3. The number of ether oxygens (including phenoxy) is 1. The Bertz CT molecular complexity index is 973. The van der Waals surface area contributed by atoms with Crippen LogP contribution in [0.1, 0.15) is 31.2 Å². The molecule has 146 valence electrons. The van der Waals surface area contributed by atoms with Crippen LogP contribution in [0.5, 0.6) is 5.75 Å². The van der Waals surface area contributed by atoms with Gasteiger partial charge in [0.2, 0.25) is 0 Å². The summed E-state index contributed by atoms with van der Waals surface area (Å²) in [6.07, 6.45) is 4.53. The van der Waals surface area contributed by atoms with Crippen molar-refractivity contribution in [1.29, 1.82) is 0 Å². The van der Waals surface area contributed by atoms with Crippen molar-refractivity contribution in [3.8, 4) is 17.1 Å². The van der Waals surface area contributed by atoms with Crippen molar-refractivity contribution in [3.63, 3.8) is 0 Å². The zero-order chi connectivity index (χ0) is 19.5. The van der Waals surface area contributed by atoms with Crippen LogP contribution in [-0.4, -0.2) is 41.4 Å². The molecule has 1 aromatic heterocycles. The molecule has 1 aliphatic heterocycles.